The highest BCUT2D eigenvalue weighted by molar-refractivity contribution is 5.54. The summed E-state index contributed by atoms with van der Waals surface area (Å²) in [4.78, 5) is 0. The summed E-state index contributed by atoms with van der Waals surface area (Å²) in [6, 6.07) is 11.7. The van der Waals surface area contributed by atoms with E-state index in [1.54, 1.807) is 0 Å². The van der Waals surface area contributed by atoms with Gasteiger partial charge in [-0.2, -0.15) is 0 Å². The molecule has 0 spiro atoms. The zero-order valence-corrected chi connectivity index (χ0v) is 13.3. The van der Waals surface area contributed by atoms with Crippen LogP contribution in [0.5, 0.6) is 11.5 Å². The Morgan fingerprint density at radius 3 is 1.48 bits per heavy atom. The van der Waals surface area contributed by atoms with Gasteiger partial charge in [0.15, 0.2) is 0 Å². The van der Waals surface area contributed by atoms with Crippen LogP contribution < -0.4 is 0 Å². The Morgan fingerprint density at radius 2 is 1.14 bits per heavy atom. The number of phenolic OH excluding ortho intramolecular Hbond substituents is 2. The molecule has 0 saturated carbocycles. The molecule has 0 saturated heterocycles. The Bertz CT molecular complexity index is 587. The minimum Gasteiger partial charge on any atom is -0.507 e. The van der Waals surface area contributed by atoms with E-state index in [0.29, 0.717) is 11.5 Å². The summed E-state index contributed by atoms with van der Waals surface area (Å²) >= 11 is 0. The fraction of sp³-hybridized carbons (Fsp3) is 0.368. The zero-order chi connectivity index (χ0) is 15.6. The van der Waals surface area contributed by atoms with E-state index in [1.165, 1.54) is 0 Å². The monoisotopic (exact) mass is 284 g/mol. The van der Waals surface area contributed by atoms with Crippen molar-refractivity contribution in [2.75, 3.05) is 0 Å². The molecule has 112 valence electrons. The normalized spacial score (nSPS) is 11.6. The topological polar surface area (TPSA) is 40.5 Å². The summed E-state index contributed by atoms with van der Waals surface area (Å²) in [5.74, 6) is 0.678. The van der Waals surface area contributed by atoms with Crippen molar-refractivity contribution in [2.24, 2.45) is 0 Å². The molecular formula is C19H24O2. The molecule has 2 aromatic carbocycles. The number of aromatic hydroxyl groups is 2. The smallest absolute Gasteiger partial charge is 0.122 e. The number of benzene rings is 2. The number of hydrogen-bond donors (Lipinski definition) is 2. The van der Waals surface area contributed by atoms with Gasteiger partial charge in [0.05, 0.1) is 0 Å². The number of hydrogen-bond acceptors (Lipinski definition) is 2. The standard InChI is InChI=1S/C19H24O2/c1-5-13-9-7-11-15(17(13)20)19(3,4)16-12-8-10-14(6-2)18(16)21/h7-12,20-21H,5-6H2,1-4H3. The van der Waals surface area contributed by atoms with Gasteiger partial charge in [-0.3, -0.25) is 0 Å². The van der Waals surface area contributed by atoms with E-state index in [1.807, 2.05) is 64.1 Å². The van der Waals surface area contributed by atoms with Gasteiger partial charge in [-0.25, -0.2) is 0 Å². The SMILES string of the molecule is CCc1cccc(C(C)(C)c2cccc(CC)c2O)c1O. The van der Waals surface area contributed by atoms with Crippen molar-refractivity contribution < 1.29 is 10.2 Å². The van der Waals surface area contributed by atoms with Crippen molar-refractivity contribution >= 4 is 0 Å². The van der Waals surface area contributed by atoms with E-state index in [-0.39, 0.29) is 0 Å². The first kappa shape index (κ1) is 15.4. The molecule has 2 N–H and O–H groups in total. The van der Waals surface area contributed by atoms with Crippen LogP contribution in [0.3, 0.4) is 0 Å². The first-order chi connectivity index (χ1) is 9.93. The molecule has 0 fully saturated rings. The van der Waals surface area contributed by atoms with Crippen molar-refractivity contribution in [1.82, 2.24) is 0 Å². The minimum absolute atomic E-state index is 0.339. The molecule has 0 atom stereocenters. The van der Waals surface area contributed by atoms with Gasteiger partial charge in [0.1, 0.15) is 11.5 Å². The molecule has 0 bridgehead atoms. The number of phenols is 2. The van der Waals surface area contributed by atoms with E-state index >= 15 is 0 Å². The van der Waals surface area contributed by atoms with E-state index in [4.69, 9.17) is 0 Å². The Morgan fingerprint density at radius 1 is 0.762 bits per heavy atom. The second kappa shape index (κ2) is 5.80. The van der Waals surface area contributed by atoms with E-state index in [0.717, 1.165) is 35.1 Å². The lowest BCUT2D eigenvalue weighted by Gasteiger charge is -2.29. The first-order valence-corrected chi connectivity index (χ1v) is 7.56. The first-order valence-electron chi connectivity index (χ1n) is 7.56. The lowest BCUT2D eigenvalue weighted by molar-refractivity contribution is 0.429. The Labute approximate surface area is 127 Å². The Kier molecular flexibility index (Phi) is 4.26. The van der Waals surface area contributed by atoms with Gasteiger partial charge in [0.2, 0.25) is 0 Å². The van der Waals surface area contributed by atoms with Gasteiger partial charge in [0.25, 0.3) is 0 Å². The van der Waals surface area contributed by atoms with Crippen molar-refractivity contribution in [3.63, 3.8) is 0 Å². The summed E-state index contributed by atoms with van der Waals surface area (Å²) < 4.78 is 0. The molecule has 2 aromatic rings. The molecule has 0 aliphatic rings. The van der Waals surface area contributed by atoms with Crippen molar-refractivity contribution in [3.8, 4) is 11.5 Å². The quantitative estimate of drug-likeness (QED) is 0.864. The third-order valence-electron chi connectivity index (χ3n) is 4.35. The third-order valence-corrected chi connectivity index (χ3v) is 4.35. The van der Waals surface area contributed by atoms with Gasteiger partial charge in [0, 0.05) is 16.5 Å². The highest BCUT2D eigenvalue weighted by atomic mass is 16.3. The largest absolute Gasteiger partial charge is 0.507 e. The van der Waals surface area contributed by atoms with Crippen LogP contribution in [0, 0.1) is 0 Å². The lowest BCUT2D eigenvalue weighted by Crippen LogP contribution is -2.20. The average molecular weight is 284 g/mol. The molecule has 0 amide bonds. The number of rotatable bonds is 4. The third kappa shape index (κ3) is 2.63. The minimum atomic E-state index is -0.454. The molecule has 0 heterocycles. The van der Waals surface area contributed by atoms with Gasteiger partial charge >= 0.3 is 0 Å². The predicted molar refractivity (Wildman–Crippen MR) is 87.1 cm³/mol. The highest BCUT2D eigenvalue weighted by Crippen LogP contribution is 2.42. The molecule has 0 radical (unpaired) electrons. The molecule has 0 aliphatic heterocycles. The number of aryl methyl sites for hydroxylation is 2. The molecular weight excluding hydrogens is 260 g/mol. The molecule has 2 nitrogen and oxygen atoms in total. The molecule has 0 aromatic heterocycles. The zero-order valence-electron chi connectivity index (χ0n) is 13.3. The maximum atomic E-state index is 10.5. The molecule has 2 rings (SSSR count). The number of para-hydroxylation sites is 2. The van der Waals surface area contributed by atoms with Crippen LogP contribution in [0.1, 0.15) is 49.9 Å². The van der Waals surface area contributed by atoms with Crippen molar-refractivity contribution in [3.05, 3.63) is 58.7 Å². The predicted octanol–water partition coefficient (Wildman–Crippen LogP) is 4.55. The molecule has 0 aliphatic carbocycles. The van der Waals surface area contributed by atoms with Crippen LogP contribution in [0.2, 0.25) is 0 Å². The lowest BCUT2D eigenvalue weighted by atomic mass is 9.76. The van der Waals surface area contributed by atoms with Crippen LogP contribution in [0.4, 0.5) is 0 Å². The molecule has 0 unspecified atom stereocenters. The highest BCUT2D eigenvalue weighted by Gasteiger charge is 2.30. The summed E-state index contributed by atoms with van der Waals surface area (Å²) in [5, 5.41) is 21.0. The fourth-order valence-corrected chi connectivity index (χ4v) is 2.91. The second-order valence-corrected chi connectivity index (χ2v) is 5.96. The average Bonchev–Trinajstić information content (AvgIpc) is 2.47. The van der Waals surface area contributed by atoms with Gasteiger partial charge in [-0.1, -0.05) is 64.1 Å². The summed E-state index contributed by atoms with van der Waals surface area (Å²) in [6.45, 7) is 8.13. The molecule has 2 heteroatoms. The van der Waals surface area contributed by atoms with Crippen LogP contribution >= 0.6 is 0 Å². The summed E-state index contributed by atoms with van der Waals surface area (Å²) in [5.41, 5.74) is 3.12. The van der Waals surface area contributed by atoms with Gasteiger partial charge < -0.3 is 10.2 Å². The summed E-state index contributed by atoms with van der Waals surface area (Å²) in [6.07, 6.45) is 1.58. The second-order valence-electron chi connectivity index (χ2n) is 5.96. The van der Waals surface area contributed by atoms with Crippen LogP contribution in [-0.2, 0) is 18.3 Å². The fourth-order valence-electron chi connectivity index (χ4n) is 2.91. The molecule has 21 heavy (non-hydrogen) atoms. The van der Waals surface area contributed by atoms with Crippen molar-refractivity contribution in [2.45, 2.75) is 46.0 Å². The van der Waals surface area contributed by atoms with Gasteiger partial charge in [-0.05, 0) is 24.0 Å². The van der Waals surface area contributed by atoms with Crippen LogP contribution in [0.15, 0.2) is 36.4 Å². The van der Waals surface area contributed by atoms with E-state index < -0.39 is 5.41 Å². The van der Waals surface area contributed by atoms with Crippen LogP contribution in [-0.4, -0.2) is 10.2 Å². The summed E-state index contributed by atoms with van der Waals surface area (Å²) in [7, 11) is 0. The maximum absolute atomic E-state index is 10.5. The maximum Gasteiger partial charge on any atom is 0.122 e. The Balaban J connectivity index is 2.62. The van der Waals surface area contributed by atoms with Crippen molar-refractivity contribution in [1.29, 1.82) is 0 Å². The van der Waals surface area contributed by atoms with Gasteiger partial charge in [-0.15, -0.1) is 0 Å². The van der Waals surface area contributed by atoms with E-state index in [2.05, 4.69) is 0 Å². The Hall–Kier alpha value is -1.96. The van der Waals surface area contributed by atoms with Crippen LogP contribution in [0.25, 0.3) is 0 Å². The van der Waals surface area contributed by atoms with E-state index in [9.17, 15) is 10.2 Å².